The van der Waals surface area contributed by atoms with E-state index in [0.29, 0.717) is 6.07 Å². The van der Waals surface area contributed by atoms with Crippen molar-refractivity contribution in [3.05, 3.63) is 81.9 Å². The Kier molecular flexibility index (Phi) is 6.22. The van der Waals surface area contributed by atoms with Crippen LogP contribution in [-0.4, -0.2) is 29.6 Å². The van der Waals surface area contributed by atoms with Crippen molar-refractivity contribution in [3.8, 4) is 0 Å². The minimum atomic E-state index is -4.84. The zero-order valence-corrected chi connectivity index (χ0v) is 19.6. The van der Waals surface area contributed by atoms with Crippen LogP contribution in [0.1, 0.15) is 28.8 Å². The number of anilines is 1. The number of fused-ring (bicyclic) bond motifs is 1. The number of aromatic amines is 1. The van der Waals surface area contributed by atoms with Gasteiger partial charge in [0, 0.05) is 11.6 Å². The molecule has 0 aliphatic heterocycles. The monoisotopic (exact) mass is 530 g/mol. The van der Waals surface area contributed by atoms with Crippen molar-refractivity contribution in [1.29, 1.82) is 0 Å². The smallest absolute Gasteiger partial charge is 0.356 e. The molecule has 0 saturated heterocycles. The molecule has 0 saturated carbocycles. The van der Waals surface area contributed by atoms with Gasteiger partial charge in [-0.15, -0.1) is 0 Å². The zero-order valence-electron chi connectivity index (χ0n) is 18.0. The van der Waals surface area contributed by atoms with Gasteiger partial charge in [-0.1, -0.05) is 17.7 Å². The molecule has 1 atom stereocenters. The Morgan fingerprint density at radius 2 is 1.77 bits per heavy atom. The van der Waals surface area contributed by atoms with E-state index in [1.54, 1.807) is 0 Å². The van der Waals surface area contributed by atoms with E-state index >= 15 is 0 Å². The van der Waals surface area contributed by atoms with E-state index in [9.17, 15) is 30.4 Å². The van der Waals surface area contributed by atoms with Gasteiger partial charge < -0.3 is 10.3 Å². The molecule has 0 amide bonds. The van der Waals surface area contributed by atoms with Gasteiger partial charge in [0.2, 0.25) is 0 Å². The number of aromatic nitrogens is 3. The third kappa shape index (κ3) is 5.08. The van der Waals surface area contributed by atoms with Crippen molar-refractivity contribution in [2.45, 2.75) is 24.2 Å². The lowest BCUT2D eigenvalue weighted by Crippen LogP contribution is -2.17. The summed E-state index contributed by atoms with van der Waals surface area (Å²) in [5.74, 6) is -1.76. The summed E-state index contributed by atoms with van der Waals surface area (Å²) in [6.07, 6.45) is -3.89. The van der Waals surface area contributed by atoms with Crippen LogP contribution in [0, 0.1) is 18.6 Å². The van der Waals surface area contributed by atoms with Gasteiger partial charge in [-0.05, 0) is 54.3 Å². The predicted molar refractivity (Wildman–Crippen MR) is 120 cm³/mol. The quantitative estimate of drug-likeness (QED) is 0.317. The number of aryl methyl sites for hydroxylation is 1. The summed E-state index contributed by atoms with van der Waals surface area (Å²) in [6.45, 7) is 1.46. The molecule has 4 aromatic rings. The van der Waals surface area contributed by atoms with E-state index in [-0.39, 0.29) is 43.7 Å². The standard InChI is InChI=1S/C22H16ClF5N4O2S/c1-10-21(35(2,33)34)32-20(29-10)18(11-3-6-16(25)15(23)8-11)31-19-14-5-4-13(24)7-12(14)9-17(30-19)22(26,27)28/h3-9,18H,1-2H3,(H,29,32)(H,30,31). The summed E-state index contributed by atoms with van der Waals surface area (Å²) in [6, 6.07) is 6.41. The molecule has 0 spiro atoms. The topological polar surface area (TPSA) is 87.7 Å². The number of pyridine rings is 1. The Balaban J connectivity index is 1.94. The maximum absolute atomic E-state index is 13.8. The van der Waals surface area contributed by atoms with E-state index in [1.165, 1.54) is 25.1 Å². The van der Waals surface area contributed by atoms with E-state index in [1.807, 2.05) is 0 Å². The first-order valence-corrected chi connectivity index (χ1v) is 12.2. The van der Waals surface area contributed by atoms with Crippen LogP contribution in [0.25, 0.3) is 10.8 Å². The number of nitrogens with one attached hydrogen (secondary N) is 2. The number of benzene rings is 2. The van der Waals surface area contributed by atoms with Crippen LogP contribution in [0.3, 0.4) is 0 Å². The van der Waals surface area contributed by atoms with Crippen LogP contribution in [0.4, 0.5) is 27.8 Å². The highest BCUT2D eigenvalue weighted by Gasteiger charge is 2.34. The number of halogens is 6. The molecule has 0 aliphatic carbocycles. The first kappa shape index (κ1) is 24.9. The number of nitrogens with zero attached hydrogens (tertiary/aromatic N) is 2. The number of H-pyrrole nitrogens is 1. The highest BCUT2D eigenvalue weighted by Crippen LogP contribution is 2.36. The van der Waals surface area contributed by atoms with E-state index < -0.39 is 39.4 Å². The molecule has 4 rings (SSSR count). The molecule has 184 valence electrons. The zero-order chi connectivity index (χ0) is 25.7. The van der Waals surface area contributed by atoms with E-state index in [4.69, 9.17) is 11.6 Å². The highest BCUT2D eigenvalue weighted by atomic mass is 35.5. The summed E-state index contributed by atoms with van der Waals surface area (Å²) >= 11 is 5.92. The second-order valence-corrected chi connectivity index (χ2v) is 10.1. The van der Waals surface area contributed by atoms with Crippen LogP contribution >= 0.6 is 11.6 Å². The molecule has 2 aromatic heterocycles. The van der Waals surface area contributed by atoms with Crippen molar-refractivity contribution in [3.63, 3.8) is 0 Å². The molecule has 0 fully saturated rings. The number of rotatable bonds is 5. The van der Waals surface area contributed by atoms with Gasteiger partial charge in [0.05, 0.1) is 10.7 Å². The van der Waals surface area contributed by atoms with Crippen molar-refractivity contribution in [2.75, 3.05) is 11.6 Å². The van der Waals surface area contributed by atoms with Gasteiger partial charge in [0.1, 0.15) is 35.0 Å². The van der Waals surface area contributed by atoms with Gasteiger partial charge in [-0.2, -0.15) is 13.2 Å². The van der Waals surface area contributed by atoms with Crippen molar-refractivity contribution in [1.82, 2.24) is 15.0 Å². The Morgan fingerprint density at radius 3 is 2.37 bits per heavy atom. The third-order valence-corrected chi connectivity index (χ3v) is 6.51. The van der Waals surface area contributed by atoms with Gasteiger partial charge in [-0.25, -0.2) is 27.2 Å². The minimum Gasteiger partial charge on any atom is -0.356 e. The first-order chi connectivity index (χ1) is 16.2. The predicted octanol–water partition coefficient (Wildman–Crippen LogP) is 5.82. The van der Waals surface area contributed by atoms with Gasteiger partial charge in [0.25, 0.3) is 0 Å². The molecule has 13 heteroatoms. The Labute approximate surface area is 201 Å². The maximum atomic E-state index is 13.8. The molecule has 0 radical (unpaired) electrons. The molecule has 6 nitrogen and oxygen atoms in total. The second-order valence-electron chi connectivity index (χ2n) is 7.79. The number of imidazole rings is 1. The molecular weight excluding hydrogens is 515 g/mol. The van der Waals surface area contributed by atoms with Crippen molar-refractivity contribution >= 4 is 38.0 Å². The Bertz CT molecular complexity index is 1550. The van der Waals surface area contributed by atoms with Gasteiger partial charge >= 0.3 is 6.18 Å². The average molecular weight is 531 g/mol. The molecule has 0 bridgehead atoms. The third-order valence-electron chi connectivity index (χ3n) is 5.12. The summed E-state index contributed by atoms with van der Waals surface area (Å²) < 4.78 is 92.4. The van der Waals surface area contributed by atoms with Crippen LogP contribution in [0.5, 0.6) is 0 Å². The van der Waals surface area contributed by atoms with Gasteiger partial charge in [0.15, 0.2) is 14.9 Å². The Hall–Kier alpha value is -3.25. The van der Waals surface area contributed by atoms with Crippen LogP contribution in [0.2, 0.25) is 5.02 Å². The highest BCUT2D eigenvalue weighted by molar-refractivity contribution is 7.90. The van der Waals surface area contributed by atoms with Crippen molar-refractivity contribution in [2.24, 2.45) is 0 Å². The first-order valence-electron chi connectivity index (χ1n) is 9.89. The number of hydrogen-bond donors (Lipinski definition) is 2. The lowest BCUT2D eigenvalue weighted by molar-refractivity contribution is -0.141. The SMILES string of the molecule is Cc1[nH]c(C(Nc2nc(C(F)(F)F)cc3cc(F)ccc23)c2ccc(F)c(Cl)c2)nc1S(C)(=O)=O. The fourth-order valence-electron chi connectivity index (χ4n) is 3.59. The lowest BCUT2D eigenvalue weighted by atomic mass is 10.0. The molecule has 1 unspecified atom stereocenters. The summed E-state index contributed by atoms with van der Waals surface area (Å²) in [5, 5.41) is 2.37. The fourth-order valence-corrected chi connectivity index (χ4v) is 4.65. The summed E-state index contributed by atoms with van der Waals surface area (Å²) in [5.41, 5.74) is -0.840. The molecule has 2 aromatic carbocycles. The van der Waals surface area contributed by atoms with Crippen LogP contribution in [0.15, 0.2) is 47.5 Å². The minimum absolute atomic E-state index is 0.0000678. The summed E-state index contributed by atoms with van der Waals surface area (Å²) in [4.78, 5) is 10.6. The van der Waals surface area contributed by atoms with Gasteiger partial charge in [-0.3, -0.25) is 0 Å². The normalized spacial score (nSPS) is 13.3. The van der Waals surface area contributed by atoms with Crippen LogP contribution in [-0.2, 0) is 16.0 Å². The lowest BCUT2D eigenvalue weighted by Gasteiger charge is -2.21. The molecule has 0 aliphatic rings. The largest absolute Gasteiger partial charge is 0.433 e. The van der Waals surface area contributed by atoms with Crippen LogP contribution < -0.4 is 5.32 Å². The van der Waals surface area contributed by atoms with E-state index in [0.717, 1.165) is 24.5 Å². The fraction of sp³-hybridized carbons (Fsp3) is 0.182. The number of hydrogen-bond acceptors (Lipinski definition) is 5. The number of alkyl halides is 3. The number of sulfone groups is 1. The second kappa shape index (κ2) is 8.76. The Morgan fingerprint density at radius 1 is 1.06 bits per heavy atom. The molecule has 2 N–H and O–H groups in total. The molecular formula is C22H16ClF5N4O2S. The maximum Gasteiger partial charge on any atom is 0.433 e. The summed E-state index contributed by atoms with van der Waals surface area (Å²) in [7, 11) is -3.74. The molecule has 35 heavy (non-hydrogen) atoms. The van der Waals surface area contributed by atoms with Crippen molar-refractivity contribution < 1.29 is 30.4 Å². The van der Waals surface area contributed by atoms with E-state index in [2.05, 4.69) is 20.3 Å². The molecule has 2 heterocycles. The average Bonchev–Trinajstić information content (AvgIpc) is 3.14.